The van der Waals surface area contributed by atoms with E-state index in [1.807, 2.05) is 0 Å². The lowest BCUT2D eigenvalue weighted by molar-refractivity contribution is -0.131. The number of ether oxygens (including phenoxy) is 2. The first kappa shape index (κ1) is 20.4. The molecule has 0 aromatic heterocycles. The lowest BCUT2D eigenvalue weighted by Gasteiger charge is -2.12. The summed E-state index contributed by atoms with van der Waals surface area (Å²) in [6.07, 6.45) is 3.41. The Bertz CT molecular complexity index is 972. The van der Waals surface area contributed by atoms with Gasteiger partial charge in [-0.15, -0.1) is 0 Å². The van der Waals surface area contributed by atoms with Crippen molar-refractivity contribution in [2.45, 2.75) is 0 Å². The minimum Gasteiger partial charge on any atom is -0.504 e. The molecule has 0 aliphatic rings. The van der Waals surface area contributed by atoms with E-state index in [1.165, 1.54) is 56.7 Å². The molecule has 4 N–H and O–H groups in total. The fourth-order valence-electron chi connectivity index (χ4n) is 2.46. The maximum absolute atomic E-state index is 11.8. The van der Waals surface area contributed by atoms with E-state index in [2.05, 4.69) is 0 Å². The van der Waals surface area contributed by atoms with E-state index in [-0.39, 0.29) is 28.4 Å². The molecule has 2 aromatic rings. The van der Waals surface area contributed by atoms with Crippen LogP contribution in [0.5, 0.6) is 23.0 Å². The van der Waals surface area contributed by atoms with Crippen molar-refractivity contribution in [3.63, 3.8) is 0 Å². The smallest absolute Gasteiger partial charge is 0.336 e. The largest absolute Gasteiger partial charge is 0.504 e. The molecule has 8 nitrogen and oxygen atoms in total. The van der Waals surface area contributed by atoms with Crippen molar-refractivity contribution in [1.82, 2.24) is 0 Å². The van der Waals surface area contributed by atoms with Gasteiger partial charge in [-0.25, -0.2) is 9.59 Å². The number of aromatic hydroxyl groups is 2. The number of phenolic OH excluding ortho intramolecular Hbond substituents is 2. The lowest BCUT2D eigenvalue weighted by Crippen LogP contribution is -2.02. The molecule has 0 radical (unpaired) electrons. The van der Waals surface area contributed by atoms with Crippen LogP contribution in [0.3, 0.4) is 0 Å². The molecule has 0 fully saturated rings. The Morgan fingerprint density at radius 3 is 2.14 bits per heavy atom. The van der Waals surface area contributed by atoms with Gasteiger partial charge in [-0.2, -0.15) is 0 Å². The van der Waals surface area contributed by atoms with Crippen molar-refractivity contribution >= 4 is 29.7 Å². The van der Waals surface area contributed by atoms with Gasteiger partial charge in [0.25, 0.3) is 0 Å². The van der Waals surface area contributed by atoms with Crippen LogP contribution in [0.2, 0.25) is 0 Å². The molecule has 0 aliphatic carbocycles. The van der Waals surface area contributed by atoms with E-state index in [0.717, 1.165) is 6.08 Å². The molecule has 28 heavy (non-hydrogen) atoms. The van der Waals surface area contributed by atoms with E-state index in [1.54, 1.807) is 0 Å². The third-order valence-electron chi connectivity index (χ3n) is 3.77. The Balaban J connectivity index is 2.67. The molecule has 0 saturated carbocycles. The average molecular weight is 386 g/mol. The van der Waals surface area contributed by atoms with Gasteiger partial charge in [0.2, 0.25) is 0 Å². The Kier molecular flexibility index (Phi) is 6.28. The van der Waals surface area contributed by atoms with Crippen LogP contribution in [-0.4, -0.2) is 46.6 Å². The first-order valence-electron chi connectivity index (χ1n) is 7.91. The van der Waals surface area contributed by atoms with Crippen LogP contribution < -0.4 is 9.47 Å². The molecule has 2 aromatic carbocycles. The molecule has 146 valence electrons. The minimum atomic E-state index is -1.33. The molecule has 8 heteroatoms. The highest BCUT2D eigenvalue weighted by molar-refractivity contribution is 6.21. The second-order valence-corrected chi connectivity index (χ2v) is 5.59. The molecule has 2 rings (SSSR count). The van der Waals surface area contributed by atoms with Crippen LogP contribution in [0.4, 0.5) is 0 Å². The maximum atomic E-state index is 11.8. The van der Waals surface area contributed by atoms with Crippen molar-refractivity contribution in [3.8, 4) is 23.0 Å². The number of hydrogen-bond donors (Lipinski definition) is 4. The fraction of sp³-hybridized carbons (Fsp3) is 0.100. The quantitative estimate of drug-likeness (QED) is 0.422. The van der Waals surface area contributed by atoms with Crippen molar-refractivity contribution in [3.05, 3.63) is 53.1 Å². The number of hydrogen-bond acceptors (Lipinski definition) is 6. The number of carboxylic acid groups (broad SMARTS) is 2. The summed E-state index contributed by atoms with van der Waals surface area (Å²) < 4.78 is 10.1. The topological polar surface area (TPSA) is 134 Å². The lowest BCUT2D eigenvalue weighted by atomic mass is 9.98. The van der Waals surface area contributed by atoms with Crippen LogP contribution >= 0.6 is 0 Å². The molecule has 0 saturated heterocycles. The number of methoxy groups -OCH3 is 2. The highest BCUT2D eigenvalue weighted by Gasteiger charge is 2.19. The third-order valence-corrected chi connectivity index (χ3v) is 3.77. The number of benzene rings is 2. The van der Waals surface area contributed by atoms with Crippen LogP contribution in [0.25, 0.3) is 17.7 Å². The normalized spacial score (nSPS) is 11.4. The van der Waals surface area contributed by atoms with E-state index < -0.39 is 17.7 Å². The summed E-state index contributed by atoms with van der Waals surface area (Å²) >= 11 is 0. The summed E-state index contributed by atoms with van der Waals surface area (Å²) in [5.74, 6) is -2.89. The standard InChI is InChI=1S/C20H18O8/c1-27-16-9-11(3-5-15(16)21)8-14(20(25)26)13-7-12(4-6-18(22)23)10-17(28-2)19(13)24/h3-10,21,24H,1-2H3,(H,22,23)(H,25,26)/b6-4+,14-8+. The molecule has 0 unspecified atom stereocenters. The molecular formula is C20H18O8. The van der Waals surface area contributed by atoms with Gasteiger partial charge >= 0.3 is 11.9 Å². The molecule has 0 spiro atoms. The number of aliphatic carboxylic acids is 2. The summed E-state index contributed by atoms with van der Waals surface area (Å²) in [7, 11) is 2.65. The number of carboxylic acids is 2. The summed E-state index contributed by atoms with van der Waals surface area (Å²) in [6, 6.07) is 6.96. The van der Waals surface area contributed by atoms with Gasteiger partial charge in [0.1, 0.15) is 0 Å². The van der Waals surface area contributed by atoms with Gasteiger partial charge in [-0.05, 0) is 47.5 Å². The number of phenols is 2. The third kappa shape index (κ3) is 4.61. The Hall–Kier alpha value is -3.94. The van der Waals surface area contributed by atoms with Crippen LogP contribution in [0.1, 0.15) is 16.7 Å². The van der Waals surface area contributed by atoms with E-state index in [9.17, 15) is 24.9 Å². The Morgan fingerprint density at radius 2 is 1.57 bits per heavy atom. The van der Waals surface area contributed by atoms with Crippen molar-refractivity contribution in [1.29, 1.82) is 0 Å². The van der Waals surface area contributed by atoms with Crippen LogP contribution in [0.15, 0.2) is 36.4 Å². The molecule has 0 aliphatic heterocycles. The predicted octanol–water partition coefficient (Wildman–Crippen LogP) is 2.84. The molecule has 0 bridgehead atoms. The van der Waals surface area contributed by atoms with Gasteiger partial charge in [-0.1, -0.05) is 6.07 Å². The summed E-state index contributed by atoms with van der Waals surface area (Å²) in [4.78, 5) is 22.6. The molecular weight excluding hydrogens is 368 g/mol. The Morgan fingerprint density at radius 1 is 0.929 bits per heavy atom. The van der Waals surface area contributed by atoms with E-state index >= 15 is 0 Å². The SMILES string of the molecule is COc1cc(/C=C(/C(=O)O)c2cc(/C=C/C(=O)O)cc(OC)c2O)ccc1O. The number of rotatable bonds is 7. The average Bonchev–Trinajstić information content (AvgIpc) is 2.66. The van der Waals surface area contributed by atoms with E-state index in [0.29, 0.717) is 11.1 Å². The van der Waals surface area contributed by atoms with Gasteiger partial charge in [0.15, 0.2) is 23.0 Å². The zero-order valence-corrected chi connectivity index (χ0v) is 15.0. The molecule has 0 amide bonds. The molecule has 0 heterocycles. The second kappa shape index (κ2) is 8.63. The first-order chi connectivity index (χ1) is 13.3. The summed E-state index contributed by atoms with van der Waals surface area (Å²) in [5.41, 5.74) is 0.387. The monoisotopic (exact) mass is 386 g/mol. The van der Waals surface area contributed by atoms with Crippen LogP contribution in [0, 0.1) is 0 Å². The highest BCUT2D eigenvalue weighted by atomic mass is 16.5. The molecule has 0 atom stereocenters. The Labute approximate surface area is 160 Å². The summed E-state index contributed by atoms with van der Waals surface area (Å²) in [6.45, 7) is 0. The van der Waals surface area contributed by atoms with Crippen molar-refractivity contribution in [2.75, 3.05) is 14.2 Å². The zero-order valence-electron chi connectivity index (χ0n) is 15.0. The van der Waals surface area contributed by atoms with Crippen LogP contribution in [-0.2, 0) is 9.59 Å². The van der Waals surface area contributed by atoms with E-state index in [4.69, 9.17) is 14.6 Å². The zero-order chi connectivity index (χ0) is 20.8. The highest BCUT2D eigenvalue weighted by Crippen LogP contribution is 2.37. The number of carbonyl (C=O) groups is 2. The van der Waals surface area contributed by atoms with Gasteiger partial charge in [0, 0.05) is 11.6 Å². The van der Waals surface area contributed by atoms with Gasteiger partial charge in [-0.3, -0.25) is 0 Å². The minimum absolute atomic E-state index is 0.0158. The van der Waals surface area contributed by atoms with Gasteiger partial charge in [0.05, 0.1) is 19.8 Å². The maximum Gasteiger partial charge on any atom is 0.336 e. The van der Waals surface area contributed by atoms with Crippen molar-refractivity contribution in [2.24, 2.45) is 0 Å². The summed E-state index contributed by atoms with van der Waals surface area (Å²) in [5, 5.41) is 38.5. The second-order valence-electron chi connectivity index (χ2n) is 5.59. The first-order valence-corrected chi connectivity index (χ1v) is 7.91. The van der Waals surface area contributed by atoms with Crippen molar-refractivity contribution < 1.29 is 39.5 Å². The predicted molar refractivity (Wildman–Crippen MR) is 101 cm³/mol. The van der Waals surface area contributed by atoms with Gasteiger partial charge < -0.3 is 29.9 Å². The fourth-order valence-corrected chi connectivity index (χ4v) is 2.46.